The van der Waals surface area contributed by atoms with E-state index in [1.807, 2.05) is 12.1 Å². The van der Waals surface area contributed by atoms with Crippen molar-refractivity contribution in [2.75, 3.05) is 6.54 Å². The molecule has 0 fully saturated rings. The zero-order valence-electron chi connectivity index (χ0n) is 9.33. The molecule has 82 valence electrons. The van der Waals surface area contributed by atoms with E-state index in [-0.39, 0.29) is 5.92 Å². The highest BCUT2D eigenvalue weighted by Crippen LogP contribution is 2.28. The molecule has 0 unspecified atom stereocenters. The van der Waals surface area contributed by atoms with Crippen LogP contribution in [-0.4, -0.2) is 6.54 Å². The highest BCUT2D eigenvalue weighted by Gasteiger charge is 2.15. The van der Waals surface area contributed by atoms with Crippen LogP contribution in [0.4, 0.5) is 0 Å². The second-order valence-corrected chi connectivity index (χ2v) is 4.99. The number of halogens is 1. The topological polar surface area (TPSA) is 26.0 Å². The number of hydrogen-bond donors (Lipinski definition) is 1. The SMILES string of the molecule is C=C(C(C)C)[C@H](CN)c1ccc(Br)cc1. The minimum absolute atomic E-state index is 0.276. The largest absolute Gasteiger partial charge is 0.330 e. The van der Waals surface area contributed by atoms with Crippen molar-refractivity contribution in [3.05, 3.63) is 46.5 Å². The fourth-order valence-electron chi connectivity index (χ4n) is 1.60. The van der Waals surface area contributed by atoms with E-state index in [1.165, 1.54) is 11.1 Å². The molecule has 0 aliphatic heterocycles. The van der Waals surface area contributed by atoms with Gasteiger partial charge in [-0.3, -0.25) is 0 Å². The fourth-order valence-corrected chi connectivity index (χ4v) is 1.86. The molecule has 15 heavy (non-hydrogen) atoms. The molecule has 0 saturated heterocycles. The van der Waals surface area contributed by atoms with Gasteiger partial charge < -0.3 is 5.73 Å². The van der Waals surface area contributed by atoms with Crippen LogP contribution in [0.1, 0.15) is 25.3 Å². The van der Waals surface area contributed by atoms with Crippen molar-refractivity contribution in [3.8, 4) is 0 Å². The lowest BCUT2D eigenvalue weighted by molar-refractivity contribution is 0.658. The molecule has 0 radical (unpaired) electrons. The average molecular weight is 268 g/mol. The predicted octanol–water partition coefficient (Wildman–Crippen LogP) is 3.70. The third-order valence-corrected chi connectivity index (χ3v) is 3.23. The molecule has 0 aromatic heterocycles. The zero-order chi connectivity index (χ0) is 11.4. The molecule has 0 aliphatic rings. The minimum Gasteiger partial charge on any atom is -0.330 e. The van der Waals surface area contributed by atoms with Crippen LogP contribution in [0.2, 0.25) is 0 Å². The minimum atomic E-state index is 0.276. The van der Waals surface area contributed by atoms with Crippen LogP contribution >= 0.6 is 15.9 Å². The van der Waals surface area contributed by atoms with Crippen LogP contribution < -0.4 is 5.73 Å². The Morgan fingerprint density at radius 1 is 1.33 bits per heavy atom. The molecule has 1 atom stereocenters. The van der Waals surface area contributed by atoms with Gasteiger partial charge in [0.2, 0.25) is 0 Å². The Kier molecular flexibility index (Phi) is 4.55. The summed E-state index contributed by atoms with van der Waals surface area (Å²) in [5.41, 5.74) is 8.27. The predicted molar refractivity (Wildman–Crippen MR) is 69.9 cm³/mol. The van der Waals surface area contributed by atoms with Gasteiger partial charge in [-0.15, -0.1) is 0 Å². The molecule has 0 spiro atoms. The van der Waals surface area contributed by atoms with Crippen LogP contribution in [0.3, 0.4) is 0 Å². The number of nitrogens with two attached hydrogens (primary N) is 1. The first kappa shape index (κ1) is 12.5. The summed E-state index contributed by atoms with van der Waals surface area (Å²) in [4.78, 5) is 0. The van der Waals surface area contributed by atoms with Crippen LogP contribution in [-0.2, 0) is 0 Å². The first-order valence-electron chi connectivity index (χ1n) is 5.20. The summed E-state index contributed by atoms with van der Waals surface area (Å²) >= 11 is 3.43. The maximum absolute atomic E-state index is 5.81. The quantitative estimate of drug-likeness (QED) is 0.828. The standard InChI is InChI=1S/C13H18BrN/c1-9(2)10(3)13(8-15)11-4-6-12(14)7-5-11/h4-7,9,13H,3,8,15H2,1-2H3/t13-/m0/s1. The molecule has 0 aliphatic carbocycles. The third kappa shape index (κ3) is 3.18. The van der Waals surface area contributed by atoms with Crippen molar-refractivity contribution < 1.29 is 0 Å². The molecule has 0 saturated carbocycles. The van der Waals surface area contributed by atoms with Gasteiger partial charge in [-0.25, -0.2) is 0 Å². The van der Waals surface area contributed by atoms with Crippen molar-refractivity contribution >= 4 is 15.9 Å². The van der Waals surface area contributed by atoms with Crippen molar-refractivity contribution in [3.63, 3.8) is 0 Å². The number of rotatable bonds is 4. The maximum atomic E-state index is 5.81. The molecule has 0 heterocycles. The fraction of sp³-hybridized carbons (Fsp3) is 0.385. The Morgan fingerprint density at radius 3 is 2.27 bits per heavy atom. The van der Waals surface area contributed by atoms with Crippen LogP contribution in [0, 0.1) is 5.92 Å². The molecular formula is C13H18BrN. The van der Waals surface area contributed by atoms with E-state index < -0.39 is 0 Å². The van der Waals surface area contributed by atoms with Crippen LogP contribution in [0.15, 0.2) is 40.9 Å². The van der Waals surface area contributed by atoms with E-state index in [0.717, 1.165) is 4.47 Å². The Hall–Kier alpha value is -0.600. The lowest BCUT2D eigenvalue weighted by Crippen LogP contribution is -2.17. The van der Waals surface area contributed by atoms with Crippen molar-refractivity contribution in [1.29, 1.82) is 0 Å². The van der Waals surface area contributed by atoms with E-state index in [2.05, 4.69) is 48.5 Å². The van der Waals surface area contributed by atoms with Gasteiger partial charge in [0.1, 0.15) is 0 Å². The summed E-state index contributed by atoms with van der Waals surface area (Å²) < 4.78 is 1.09. The average Bonchev–Trinajstić information content (AvgIpc) is 2.21. The summed E-state index contributed by atoms with van der Waals surface area (Å²) in [5, 5.41) is 0. The Bertz CT molecular complexity index is 327. The van der Waals surface area contributed by atoms with E-state index in [0.29, 0.717) is 12.5 Å². The first-order valence-corrected chi connectivity index (χ1v) is 5.99. The summed E-state index contributed by atoms with van der Waals surface area (Å²) in [5.74, 6) is 0.750. The molecule has 2 N–H and O–H groups in total. The molecule has 1 aromatic carbocycles. The van der Waals surface area contributed by atoms with Gasteiger partial charge in [0, 0.05) is 16.9 Å². The second-order valence-electron chi connectivity index (χ2n) is 4.07. The maximum Gasteiger partial charge on any atom is 0.0175 e. The van der Waals surface area contributed by atoms with Crippen molar-refractivity contribution in [2.45, 2.75) is 19.8 Å². The highest BCUT2D eigenvalue weighted by molar-refractivity contribution is 9.10. The molecular weight excluding hydrogens is 250 g/mol. The van der Waals surface area contributed by atoms with E-state index in [4.69, 9.17) is 5.73 Å². The highest BCUT2D eigenvalue weighted by atomic mass is 79.9. The molecule has 0 amide bonds. The molecule has 1 rings (SSSR count). The van der Waals surface area contributed by atoms with Crippen molar-refractivity contribution in [1.82, 2.24) is 0 Å². The summed E-state index contributed by atoms with van der Waals surface area (Å²) in [7, 11) is 0. The monoisotopic (exact) mass is 267 g/mol. The summed E-state index contributed by atoms with van der Waals surface area (Å²) in [6, 6.07) is 8.31. The smallest absolute Gasteiger partial charge is 0.0175 e. The van der Waals surface area contributed by atoms with E-state index in [1.54, 1.807) is 0 Å². The van der Waals surface area contributed by atoms with Crippen LogP contribution in [0.25, 0.3) is 0 Å². The van der Waals surface area contributed by atoms with Gasteiger partial charge >= 0.3 is 0 Å². The second kappa shape index (κ2) is 5.47. The lowest BCUT2D eigenvalue weighted by atomic mass is 9.86. The van der Waals surface area contributed by atoms with Gasteiger partial charge in [-0.05, 0) is 23.6 Å². The lowest BCUT2D eigenvalue weighted by Gasteiger charge is -2.21. The molecule has 1 aromatic rings. The molecule has 2 heteroatoms. The Labute approximate surface area is 101 Å². The van der Waals surface area contributed by atoms with Gasteiger partial charge in [0.25, 0.3) is 0 Å². The van der Waals surface area contributed by atoms with Crippen molar-refractivity contribution in [2.24, 2.45) is 11.7 Å². The van der Waals surface area contributed by atoms with Gasteiger partial charge in [0.15, 0.2) is 0 Å². The number of benzene rings is 1. The molecule has 0 bridgehead atoms. The molecule has 1 nitrogen and oxygen atoms in total. The van der Waals surface area contributed by atoms with E-state index >= 15 is 0 Å². The summed E-state index contributed by atoms with van der Waals surface area (Å²) in [6.07, 6.45) is 0. The van der Waals surface area contributed by atoms with Crippen LogP contribution in [0.5, 0.6) is 0 Å². The number of hydrogen-bond acceptors (Lipinski definition) is 1. The van der Waals surface area contributed by atoms with E-state index in [9.17, 15) is 0 Å². The zero-order valence-corrected chi connectivity index (χ0v) is 10.9. The van der Waals surface area contributed by atoms with Gasteiger partial charge in [0.05, 0.1) is 0 Å². The summed E-state index contributed by atoms with van der Waals surface area (Å²) in [6.45, 7) is 9.07. The Balaban J connectivity index is 2.92. The normalized spacial score (nSPS) is 12.9. The van der Waals surface area contributed by atoms with Gasteiger partial charge in [-0.2, -0.15) is 0 Å². The van der Waals surface area contributed by atoms with Gasteiger partial charge in [-0.1, -0.05) is 54.1 Å². The third-order valence-electron chi connectivity index (χ3n) is 2.70. The Morgan fingerprint density at radius 2 is 1.87 bits per heavy atom. The first-order chi connectivity index (χ1) is 7.06.